The maximum Gasteiger partial charge on any atom is 0.152 e. The molecule has 0 bridgehead atoms. The summed E-state index contributed by atoms with van der Waals surface area (Å²) in [7, 11) is 1.98. The predicted octanol–water partition coefficient (Wildman–Crippen LogP) is 3.83. The molecular formula is C16H17NO. The molecule has 0 amide bonds. The van der Waals surface area contributed by atoms with Crippen molar-refractivity contribution in [2.45, 2.75) is 13.3 Å². The molecule has 0 aliphatic carbocycles. The first kappa shape index (κ1) is 12.4. The van der Waals surface area contributed by atoms with Crippen molar-refractivity contribution < 1.29 is 4.79 Å². The van der Waals surface area contributed by atoms with Crippen molar-refractivity contribution in [3.8, 4) is 0 Å². The average Bonchev–Trinajstić information content (AvgIpc) is 2.46. The lowest BCUT2D eigenvalue weighted by molar-refractivity contribution is 0.112. The van der Waals surface area contributed by atoms with Crippen LogP contribution in [0.3, 0.4) is 0 Å². The number of nitrogens with zero attached hydrogens (tertiary/aromatic N) is 1. The summed E-state index contributed by atoms with van der Waals surface area (Å²) in [6.07, 6.45) is 1.93. The van der Waals surface area contributed by atoms with E-state index in [4.69, 9.17) is 0 Å². The molecule has 0 aromatic heterocycles. The Kier molecular flexibility index (Phi) is 3.78. The van der Waals surface area contributed by atoms with E-state index in [9.17, 15) is 4.79 Å². The molecule has 0 saturated heterocycles. The fourth-order valence-electron chi connectivity index (χ4n) is 1.99. The van der Waals surface area contributed by atoms with E-state index < -0.39 is 0 Å². The van der Waals surface area contributed by atoms with Crippen LogP contribution in [0.5, 0.6) is 0 Å². The number of hydrogen-bond donors (Lipinski definition) is 0. The minimum atomic E-state index is 0.708. The summed E-state index contributed by atoms with van der Waals surface area (Å²) in [5, 5.41) is 0. The van der Waals surface area contributed by atoms with Crippen molar-refractivity contribution in [3.05, 3.63) is 59.7 Å². The Labute approximate surface area is 108 Å². The standard InChI is InChI=1S/C16H17NO/c1-3-13-8-10-15(11-9-13)17(2)16-7-5-4-6-14(16)12-18/h4-12H,3H2,1-2H3. The topological polar surface area (TPSA) is 20.3 Å². The van der Waals surface area contributed by atoms with Gasteiger partial charge in [-0.3, -0.25) is 4.79 Å². The van der Waals surface area contributed by atoms with Crippen LogP contribution in [0.1, 0.15) is 22.8 Å². The summed E-state index contributed by atoms with van der Waals surface area (Å²) in [4.78, 5) is 13.1. The smallest absolute Gasteiger partial charge is 0.152 e. The molecule has 0 spiro atoms. The minimum Gasteiger partial charge on any atom is -0.344 e. The van der Waals surface area contributed by atoms with Gasteiger partial charge in [-0.15, -0.1) is 0 Å². The van der Waals surface area contributed by atoms with Crippen LogP contribution in [0.25, 0.3) is 0 Å². The van der Waals surface area contributed by atoms with E-state index in [0.29, 0.717) is 5.56 Å². The zero-order valence-corrected chi connectivity index (χ0v) is 10.8. The minimum absolute atomic E-state index is 0.708. The first-order valence-corrected chi connectivity index (χ1v) is 6.13. The summed E-state index contributed by atoms with van der Waals surface area (Å²) in [6.45, 7) is 2.14. The summed E-state index contributed by atoms with van der Waals surface area (Å²) in [6, 6.07) is 16.0. The monoisotopic (exact) mass is 239 g/mol. The molecule has 0 aliphatic rings. The Morgan fingerprint density at radius 1 is 1.06 bits per heavy atom. The van der Waals surface area contributed by atoms with Crippen molar-refractivity contribution in [1.82, 2.24) is 0 Å². The van der Waals surface area contributed by atoms with Crippen LogP contribution in [0.4, 0.5) is 11.4 Å². The molecule has 18 heavy (non-hydrogen) atoms. The number of carbonyl (C=O) groups excluding carboxylic acids is 1. The molecule has 0 heterocycles. The summed E-state index contributed by atoms with van der Waals surface area (Å²) in [5.41, 5.74) is 4.04. The van der Waals surface area contributed by atoms with Crippen molar-refractivity contribution >= 4 is 17.7 Å². The highest BCUT2D eigenvalue weighted by atomic mass is 16.1. The van der Waals surface area contributed by atoms with Crippen LogP contribution in [-0.2, 0) is 6.42 Å². The number of rotatable bonds is 4. The molecule has 2 aromatic rings. The Balaban J connectivity index is 2.34. The van der Waals surface area contributed by atoms with Crippen LogP contribution >= 0.6 is 0 Å². The molecule has 0 fully saturated rings. The van der Waals surface area contributed by atoms with Crippen molar-refractivity contribution in [2.24, 2.45) is 0 Å². The molecule has 0 radical (unpaired) electrons. The van der Waals surface area contributed by atoms with Gasteiger partial charge in [-0.05, 0) is 36.2 Å². The van der Waals surface area contributed by atoms with Gasteiger partial charge in [0.2, 0.25) is 0 Å². The van der Waals surface area contributed by atoms with Crippen molar-refractivity contribution in [2.75, 3.05) is 11.9 Å². The number of aldehydes is 1. The second-order valence-electron chi connectivity index (χ2n) is 4.26. The first-order valence-electron chi connectivity index (χ1n) is 6.13. The number of benzene rings is 2. The lowest BCUT2D eigenvalue weighted by Crippen LogP contribution is -2.11. The maximum absolute atomic E-state index is 11.0. The van der Waals surface area contributed by atoms with E-state index in [1.54, 1.807) is 0 Å². The van der Waals surface area contributed by atoms with E-state index in [0.717, 1.165) is 24.1 Å². The van der Waals surface area contributed by atoms with E-state index >= 15 is 0 Å². The molecule has 0 aliphatic heterocycles. The van der Waals surface area contributed by atoms with Gasteiger partial charge in [0.15, 0.2) is 6.29 Å². The molecule has 0 unspecified atom stereocenters. The van der Waals surface area contributed by atoms with Gasteiger partial charge in [-0.2, -0.15) is 0 Å². The van der Waals surface area contributed by atoms with Crippen LogP contribution in [0.2, 0.25) is 0 Å². The van der Waals surface area contributed by atoms with Gasteiger partial charge in [0.1, 0.15) is 0 Å². The third kappa shape index (κ3) is 2.43. The Morgan fingerprint density at radius 3 is 2.33 bits per heavy atom. The number of hydrogen-bond acceptors (Lipinski definition) is 2. The van der Waals surface area contributed by atoms with Crippen molar-refractivity contribution in [1.29, 1.82) is 0 Å². The fourth-order valence-corrected chi connectivity index (χ4v) is 1.99. The largest absolute Gasteiger partial charge is 0.344 e. The van der Waals surface area contributed by atoms with E-state index in [2.05, 4.69) is 31.2 Å². The van der Waals surface area contributed by atoms with E-state index in [-0.39, 0.29) is 0 Å². The summed E-state index contributed by atoms with van der Waals surface area (Å²) < 4.78 is 0. The molecule has 0 saturated carbocycles. The highest BCUT2D eigenvalue weighted by molar-refractivity contribution is 5.86. The zero-order valence-electron chi connectivity index (χ0n) is 10.8. The predicted molar refractivity (Wildman–Crippen MR) is 75.7 cm³/mol. The quantitative estimate of drug-likeness (QED) is 0.756. The molecule has 2 nitrogen and oxygen atoms in total. The second kappa shape index (κ2) is 5.50. The van der Waals surface area contributed by atoms with E-state index in [1.807, 2.05) is 36.2 Å². The van der Waals surface area contributed by atoms with Crippen LogP contribution in [0, 0.1) is 0 Å². The zero-order chi connectivity index (χ0) is 13.0. The normalized spacial score (nSPS) is 10.1. The SMILES string of the molecule is CCc1ccc(N(C)c2ccccc2C=O)cc1. The Hall–Kier alpha value is -2.09. The number of aryl methyl sites for hydroxylation is 1. The lowest BCUT2D eigenvalue weighted by Gasteiger charge is -2.21. The van der Waals surface area contributed by atoms with Gasteiger partial charge in [-0.25, -0.2) is 0 Å². The van der Waals surface area contributed by atoms with Crippen LogP contribution < -0.4 is 4.90 Å². The average molecular weight is 239 g/mol. The molecule has 2 rings (SSSR count). The third-order valence-electron chi connectivity index (χ3n) is 3.16. The van der Waals surface area contributed by atoms with Crippen LogP contribution in [-0.4, -0.2) is 13.3 Å². The summed E-state index contributed by atoms with van der Waals surface area (Å²) in [5.74, 6) is 0. The summed E-state index contributed by atoms with van der Waals surface area (Å²) >= 11 is 0. The molecular weight excluding hydrogens is 222 g/mol. The lowest BCUT2D eigenvalue weighted by atomic mass is 10.1. The Bertz CT molecular complexity index is 531. The van der Waals surface area contributed by atoms with Gasteiger partial charge in [-0.1, -0.05) is 31.2 Å². The molecule has 2 aromatic carbocycles. The van der Waals surface area contributed by atoms with Gasteiger partial charge in [0.25, 0.3) is 0 Å². The number of carbonyl (C=O) groups is 1. The highest BCUT2D eigenvalue weighted by Crippen LogP contribution is 2.26. The second-order valence-corrected chi connectivity index (χ2v) is 4.26. The molecule has 0 atom stereocenters. The van der Waals surface area contributed by atoms with Crippen molar-refractivity contribution in [3.63, 3.8) is 0 Å². The van der Waals surface area contributed by atoms with Gasteiger partial charge in [0, 0.05) is 18.3 Å². The molecule has 2 heteroatoms. The van der Waals surface area contributed by atoms with Crippen LogP contribution in [0.15, 0.2) is 48.5 Å². The van der Waals surface area contributed by atoms with Gasteiger partial charge in [0.05, 0.1) is 5.69 Å². The Morgan fingerprint density at radius 2 is 1.72 bits per heavy atom. The molecule has 92 valence electrons. The number of anilines is 2. The van der Waals surface area contributed by atoms with Gasteiger partial charge < -0.3 is 4.90 Å². The maximum atomic E-state index is 11.0. The first-order chi connectivity index (χ1) is 8.76. The highest BCUT2D eigenvalue weighted by Gasteiger charge is 2.07. The number of para-hydroxylation sites is 1. The van der Waals surface area contributed by atoms with E-state index in [1.165, 1.54) is 5.56 Å². The van der Waals surface area contributed by atoms with Gasteiger partial charge >= 0.3 is 0 Å². The fraction of sp³-hybridized carbons (Fsp3) is 0.188. The third-order valence-corrected chi connectivity index (χ3v) is 3.16. The molecule has 0 N–H and O–H groups in total.